The molecule has 0 N–H and O–H groups in total. The molecular formula is C9H15NO. The molecular weight excluding hydrogens is 138 g/mol. The highest BCUT2D eigenvalue weighted by atomic mass is 16.5. The summed E-state index contributed by atoms with van der Waals surface area (Å²) >= 11 is 0. The molecule has 1 fully saturated rings. The lowest BCUT2D eigenvalue weighted by Gasteiger charge is -2.21. The molecule has 11 heavy (non-hydrogen) atoms. The summed E-state index contributed by atoms with van der Waals surface area (Å²) in [6.45, 7) is 0.928. The summed E-state index contributed by atoms with van der Waals surface area (Å²) in [6, 6.07) is 2.15. The lowest BCUT2D eigenvalue weighted by Crippen LogP contribution is -2.18. The van der Waals surface area contributed by atoms with E-state index in [2.05, 4.69) is 6.07 Å². The zero-order valence-electron chi connectivity index (χ0n) is 6.88. The van der Waals surface area contributed by atoms with Crippen LogP contribution in [0.4, 0.5) is 0 Å². The van der Waals surface area contributed by atoms with E-state index >= 15 is 0 Å². The molecule has 0 aromatic heterocycles. The number of hydrogen-bond donors (Lipinski definition) is 0. The van der Waals surface area contributed by atoms with Crippen LogP contribution in [0.25, 0.3) is 0 Å². The molecule has 0 aromatic carbocycles. The average molecular weight is 153 g/mol. The van der Waals surface area contributed by atoms with Crippen LogP contribution in [-0.2, 0) is 4.74 Å². The van der Waals surface area contributed by atoms with Crippen molar-refractivity contribution in [2.75, 3.05) is 6.61 Å². The molecule has 0 amide bonds. The van der Waals surface area contributed by atoms with Gasteiger partial charge in [-0.25, -0.2) is 0 Å². The standard InChI is InChI=1S/C9H15NO/c10-7-3-1-5-9-6-2-4-8-11-9/h9H,1-6,8H2. The summed E-state index contributed by atoms with van der Waals surface area (Å²) in [5.74, 6) is 0. The fraction of sp³-hybridized carbons (Fsp3) is 0.889. The molecule has 1 rings (SSSR count). The largest absolute Gasteiger partial charge is 0.378 e. The highest BCUT2D eigenvalue weighted by molar-refractivity contribution is 4.71. The smallest absolute Gasteiger partial charge is 0.0621 e. The van der Waals surface area contributed by atoms with Crippen LogP contribution < -0.4 is 0 Å². The zero-order chi connectivity index (χ0) is 7.94. The van der Waals surface area contributed by atoms with Gasteiger partial charge in [0.25, 0.3) is 0 Å². The summed E-state index contributed by atoms with van der Waals surface area (Å²) in [6.07, 6.45) is 6.93. The predicted molar refractivity (Wildman–Crippen MR) is 43.1 cm³/mol. The van der Waals surface area contributed by atoms with Gasteiger partial charge in [-0.2, -0.15) is 5.26 Å². The molecule has 0 radical (unpaired) electrons. The van der Waals surface area contributed by atoms with Gasteiger partial charge in [-0.15, -0.1) is 0 Å². The van der Waals surface area contributed by atoms with E-state index < -0.39 is 0 Å². The molecule has 0 spiro atoms. The van der Waals surface area contributed by atoms with Crippen molar-refractivity contribution in [1.29, 1.82) is 5.26 Å². The molecule has 1 aliphatic heterocycles. The maximum atomic E-state index is 8.30. The third-order valence-electron chi connectivity index (χ3n) is 2.09. The van der Waals surface area contributed by atoms with Gasteiger partial charge < -0.3 is 4.74 Å². The zero-order valence-corrected chi connectivity index (χ0v) is 6.88. The summed E-state index contributed by atoms with van der Waals surface area (Å²) in [7, 11) is 0. The van der Waals surface area contributed by atoms with E-state index in [4.69, 9.17) is 10.00 Å². The van der Waals surface area contributed by atoms with Gasteiger partial charge in [0, 0.05) is 13.0 Å². The molecule has 1 unspecified atom stereocenters. The fourth-order valence-electron chi connectivity index (χ4n) is 1.44. The Morgan fingerprint density at radius 3 is 3.00 bits per heavy atom. The Balaban J connectivity index is 2.01. The number of unbranched alkanes of at least 4 members (excludes halogenated alkanes) is 1. The molecule has 0 aromatic rings. The van der Waals surface area contributed by atoms with E-state index in [9.17, 15) is 0 Å². The summed E-state index contributed by atoms with van der Waals surface area (Å²) in [5, 5.41) is 8.30. The van der Waals surface area contributed by atoms with E-state index in [0.717, 1.165) is 19.4 Å². The van der Waals surface area contributed by atoms with Gasteiger partial charge in [0.2, 0.25) is 0 Å². The van der Waals surface area contributed by atoms with Gasteiger partial charge in [-0.1, -0.05) is 0 Å². The minimum Gasteiger partial charge on any atom is -0.378 e. The van der Waals surface area contributed by atoms with Crippen molar-refractivity contribution >= 4 is 0 Å². The quantitative estimate of drug-likeness (QED) is 0.582. The maximum Gasteiger partial charge on any atom is 0.0621 e. The van der Waals surface area contributed by atoms with Crippen molar-refractivity contribution in [3.05, 3.63) is 0 Å². The topological polar surface area (TPSA) is 33.0 Å². The lowest BCUT2D eigenvalue weighted by molar-refractivity contribution is 0.0104. The van der Waals surface area contributed by atoms with Crippen LogP contribution in [0.5, 0.6) is 0 Å². The van der Waals surface area contributed by atoms with Crippen LogP contribution in [0.3, 0.4) is 0 Å². The normalized spacial score (nSPS) is 24.5. The van der Waals surface area contributed by atoms with Gasteiger partial charge in [-0.3, -0.25) is 0 Å². The first-order valence-electron chi connectivity index (χ1n) is 4.42. The number of hydrogen-bond acceptors (Lipinski definition) is 2. The molecule has 2 heteroatoms. The Labute approximate surface area is 68.2 Å². The molecule has 0 bridgehead atoms. The van der Waals surface area contributed by atoms with E-state index in [0.29, 0.717) is 12.5 Å². The Morgan fingerprint density at radius 2 is 2.36 bits per heavy atom. The van der Waals surface area contributed by atoms with E-state index in [1.807, 2.05) is 0 Å². The van der Waals surface area contributed by atoms with E-state index in [-0.39, 0.29) is 0 Å². The highest BCUT2D eigenvalue weighted by Gasteiger charge is 2.12. The second-order valence-corrected chi connectivity index (χ2v) is 3.04. The fourth-order valence-corrected chi connectivity index (χ4v) is 1.44. The third-order valence-corrected chi connectivity index (χ3v) is 2.09. The van der Waals surface area contributed by atoms with Crippen LogP contribution in [0.15, 0.2) is 0 Å². The first-order valence-corrected chi connectivity index (χ1v) is 4.42. The lowest BCUT2D eigenvalue weighted by atomic mass is 10.0. The maximum absolute atomic E-state index is 8.30. The second kappa shape index (κ2) is 5.15. The SMILES string of the molecule is N#CCCCC1CCCCO1. The first-order chi connectivity index (χ1) is 5.43. The monoisotopic (exact) mass is 153 g/mol. The Morgan fingerprint density at radius 1 is 1.45 bits per heavy atom. The van der Waals surface area contributed by atoms with Gasteiger partial charge in [0.15, 0.2) is 0 Å². The molecule has 0 saturated carbocycles. The number of nitriles is 1. The van der Waals surface area contributed by atoms with Crippen LogP contribution in [0.1, 0.15) is 38.5 Å². The van der Waals surface area contributed by atoms with Crippen molar-refractivity contribution in [2.24, 2.45) is 0 Å². The molecule has 62 valence electrons. The molecule has 1 atom stereocenters. The average Bonchev–Trinajstić information content (AvgIpc) is 2.07. The summed E-state index contributed by atoms with van der Waals surface area (Å²) in [5.41, 5.74) is 0. The summed E-state index contributed by atoms with van der Waals surface area (Å²) in [4.78, 5) is 0. The van der Waals surface area contributed by atoms with Gasteiger partial charge in [0.05, 0.1) is 12.2 Å². The van der Waals surface area contributed by atoms with Gasteiger partial charge in [-0.05, 0) is 32.1 Å². The molecule has 2 nitrogen and oxygen atoms in total. The number of nitrogens with zero attached hydrogens (tertiary/aromatic N) is 1. The molecule has 1 heterocycles. The van der Waals surface area contributed by atoms with Crippen molar-refractivity contribution in [3.8, 4) is 6.07 Å². The van der Waals surface area contributed by atoms with Crippen molar-refractivity contribution in [3.63, 3.8) is 0 Å². The van der Waals surface area contributed by atoms with E-state index in [1.54, 1.807) is 0 Å². The van der Waals surface area contributed by atoms with Gasteiger partial charge in [0.1, 0.15) is 0 Å². The molecule has 1 saturated heterocycles. The minimum atomic E-state index is 0.456. The van der Waals surface area contributed by atoms with E-state index in [1.165, 1.54) is 19.3 Å². The Bertz CT molecular complexity index is 133. The van der Waals surface area contributed by atoms with Crippen LogP contribution >= 0.6 is 0 Å². The molecule has 1 aliphatic rings. The van der Waals surface area contributed by atoms with Gasteiger partial charge >= 0.3 is 0 Å². The van der Waals surface area contributed by atoms with Crippen molar-refractivity contribution < 1.29 is 4.74 Å². The van der Waals surface area contributed by atoms with Crippen LogP contribution in [0, 0.1) is 11.3 Å². The Kier molecular flexibility index (Phi) is 4.00. The Hall–Kier alpha value is -0.550. The first kappa shape index (κ1) is 8.55. The third kappa shape index (κ3) is 3.38. The second-order valence-electron chi connectivity index (χ2n) is 3.04. The summed E-state index contributed by atoms with van der Waals surface area (Å²) < 4.78 is 5.52. The molecule has 0 aliphatic carbocycles. The van der Waals surface area contributed by atoms with Crippen molar-refractivity contribution in [2.45, 2.75) is 44.6 Å². The highest BCUT2D eigenvalue weighted by Crippen LogP contribution is 2.17. The predicted octanol–water partition coefficient (Wildman–Crippen LogP) is 2.25. The minimum absolute atomic E-state index is 0.456. The van der Waals surface area contributed by atoms with Crippen LogP contribution in [0.2, 0.25) is 0 Å². The number of ether oxygens (including phenoxy) is 1. The van der Waals surface area contributed by atoms with Crippen molar-refractivity contribution in [1.82, 2.24) is 0 Å². The number of rotatable bonds is 3. The van der Waals surface area contributed by atoms with Crippen LogP contribution in [-0.4, -0.2) is 12.7 Å².